The van der Waals surface area contributed by atoms with Gasteiger partial charge in [-0.05, 0) is 51.0 Å². The van der Waals surface area contributed by atoms with Gasteiger partial charge in [-0.15, -0.1) is 0 Å². The largest absolute Gasteiger partial charge is 0.359 e. The Hall–Kier alpha value is -2.54. The summed E-state index contributed by atoms with van der Waals surface area (Å²) < 4.78 is 0. The lowest BCUT2D eigenvalue weighted by Gasteiger charge is -2.39. The van der Waals surface area contributed by atoms with E-state index in [1.54, 1.807) is 0 Å². The molecule has 130 valence electrons. The molecule has 0 aromatic heterocycles. The van der Waals surface area contributed by atoms with Crippen molar-refractivity contribution in [2.24, 2.45) is 5.41 Å². The Bertz CT molecular complexity index is 955. The second kappa shape index (κ2) is 5.23. The Morgan fingerprint density at radius 1 is 0.923 bits per heavy atom. The molecule has 0 spiro atoms. The van der Waals surface area contributed by atoms with Crippen LogP contribution in [0, 0.1) is 5.41 Å². The van der Waals surface area contributed by atoms with Crippen LogP contribution >= 0.6 is 0 Å². The van der Waals surface area contributed by atoms with Gasteiger partial charge in [-0.2, -0.15) is 0 Å². The monoisotopic (exact) mass is 339 g/mol. The third-order valence-corrected chi connectivity index (χ3v) is 6.11. The van der Waals surface area contributed by atoms with Gasteiger partial charge in [0.2, 0.25) is 0 Å². The second-order valence-electron chi connectivity index (χ2n) is 8.79. The minimum atomic E-state index is 0.164. The van der Waals surface area contributed by atoms with Crippen molar-refractivity contribution in [2.75, 3.05) is 0 Å². The number of benzene rings is 2. The molecule has 3 aliphatic rings. The van der Waals surface area contributed by atoms with E-state index >= 15 is 0 Å². The van der Waals surface area contributed by atoms with Crippen LogP contribution in [0.25, 0.3) is 11.1 Å². The van der Waals surface area contributed by atoms with E-state index in [1.807, 2.05) is 0 Å². The smallest absolute Gasteiger partial charge is 0.0736 e. The van der Waals surface area contributed by atoms with E-state index in [0.717, 1.165) is 0 Å². The molecule has 26 heavy (non-hydrogen) atoms. The van der Waals surface area contributed by atoms with Gasteiger partial charge in [0.25, 0.3) is 0 Å². The molecule has 3 unspecified atom stereocenters. The van der Waals surface area contributed by atoms with Crippen LogP contribution in [0.4, 0.5) is 0 Å². The summed E-state index contributed by atoms with van der Waals surface area (Å²) in [6, 6.07) is 18.5. The SMILES string of the molecule is C=C1C2c3ccc(-c4ccccc4)cc3C3C=C(C(C)(C)C)C=CN3C12. The Morgan fingerprint density at radius 2 is 1.69 bits per heavy atom. The highest BCUT2D eigenvalue weighted by molar-refractivity contribution is 5.68. The lowest BCUT2D eigenvalue weighted by Crippen LogP contribution is -2.32. The third kappa shape index (κ3) is 2.23. The van der Waals surface area contributed by atoms with E-state index in [0.29, 0.717) is 18.0 Å². The molecular formula is C25H25N. The highest BCUT2D eigenvalue weighted by Crippen LogP contribution is 2.59. The van der Waals surface area contributed by atoms with Crippen LogP contribution in [0.15, 0.2) is 84.6 Å². The first kappa shape index (κ1) is 15.7. The van der Waals surface area contributed by atoms with Crippen molar-refractivity contribution in [2.45, 2.75) is 38.8 Å². The molecule has 0 radical (unpaired) electrons. The summed E-state index contributed by atoms with van der Waals surface area (Å²) in [6.07, 6.45) is 7.07. The molecule has 0 amide bonds. The van der Waals surface area contributed by atoms with E-state index in [9.17, 15) is 0 Å². The first-order valence-corrected chi connectivity index (χ1v) is 9.51. The molecule has 2 aromatic carbocycles. The Morgan fingerprint density at radius 3 is 2.42 bits per heavy atom. The molecule has 1 nitrogen and oxygen atoms in total. The van der Waals surface area contributed by atoms with Crippen molar-refractivity contribution in [1.29, 1.82) is 0 Å². The van der Waals surface area contributed by atoms with Crippen LogP contribution in [0.1, 0.15) is 43.9 Å². The number of rotatable bonds is 1. The van der Waals surface area contributed by atoms with E-state index in [1.165, 1.54) is 33.4 Å². The predicted molar refractivity (Wildman–Crippen MR) is 109 cm³/mol. The molecule has 5 rings (SSSR count). The molecule has 1 fully saturated rings. The van der Waals surface area contributed by atoms with Crippen LogP contribution in [0.2, 0.25) is 0 Å². The molecule has 2 aromatic rings. The Balaban J connectivity index is 1.66. The lowest BCUT2D eigenvalue weighted by molar-refractivity contribution is 0.290. The normalized spacial score (nSPS) is 26.0. The minimum absolute atomic E-state index is 0.164. The average molecular weight is 339 g/mol. The molecule has 1 saturated carbocycles. The quantitative estimate of drug-likeness (QED) is 0.556. The Labute approximate surface area is 156 Å². The summed E-state index contributed by atoms with van der Waals surface area (Å²) in [5.74, 6) is 0.500. The average Bonchev–Trinajstić information content (AvgIpc) is 3.32. The zero-order valence-electron chi connectivity index (χ0n) is 15.7. The molecule has 2 heterocycles. The van der Waals surface area contributed by atoms with Crippen LogP contribution < -0.4 is 0 Å². The van der Waals surface area contributed by atoms with Crippen LogP contribution in [-0.2, 0) is 0 Å². The maximum absolute atomic E-state index is 4.35. The summed E-state index contributed by atoms with van der Waals surface area (Å²) >= 11 is 0. The van der Waals surface area contributed by atoms with E-state index in [-0.39, 0.29) is 5.41 Å². The number of hydrogen-bond acceptors (Lipinski definition) is 1. The minimum Gasteiger partial charge on any atom is -0.359 e. The Kier molecular flexibility index (Phi) is 3.16. The van der Waals surface area contributed by atoms with Crippen LogP contribution in [0.3, 0.4) is 0 Å². The summed E-state index contributed by atoms with van der Waals surface area (Å²) in [5, 5.41) is 0. The van der Waals surface area contributed by atoms with Crippen molar-refractivity contribution in [3.05, 3.63) is 95.7 Å². The van der Waals surface area contributed by atoms with Gasteiger partial charge < -0.3 is 4.90 Å². The second-order valence-corrected chi connectivity index (χ2v) is 8.79. The topological polar surface area (TPSA) is 3.24 Å². The van der Waals surface area contributed by atoms with Crippen molar-refractivity contribution in [3.8, 4) is 11.1 Å². The maximum atomic E-state index is 4.35. The number of fused-ring (bicyclic) bond motifs is 6. The molecule has 0 bridgehead atoms. The summed E-state index contributed by atoms with van der Waals surface area (Å²) in [7, 11) is 0. The van der Waals surface area contributed by atoms with Gasteiger partial charge in [0.1, 0.15) is 0 Å². The summed E-state index contributed by atoms with van der Waals surface area (Å²) in [5.41, 5.74) is 8.44. The molecule has 2 aliphatic heterocycles. The molecule has 3 atom stereocenters. The van der Waals surface area contributed by atoms with Gasteiger partial charge in [0.05, 0.1) is 12.1 Å². The van der Waals surface area contributed by atoms with Crippen molar-refractivity contribution < 1.29 is 0 Å². The van der Waals surface area contributed by atoms with Crippen molar-refractivity contribution in [1.82, 2.24) is 4.90 Å². The van der Waals surface area contributed by atoms with Gasteiger partial charge >= 0.3 is 0 Å². The van der Waals surface area contributed by atoms with Crippen molar-refractivity contribution in [3.63, 3.8) is 0 Å². The van der Waals surface area contributed by atoms with Gasteiger partial charge in [0.15, 0.2) is 0 Å². The molecular weight excluding hydrogens is 314 g/mol. The van der Waals surface area contributed by atoms with Crippen molar-refractivity contribution >= 4 is 0 Å². The zero-order chi connectivity index (χ0) is 18.1. The summed E-state index contributed by atoms with van der Waals surface area (Å²) in [6.45, 7) is 11.2. The van der Waals surface area contributed by atoms with Crippen LogP contribution in [0.5, 0.6) is 0 Å². The third-order valence-electron chi connectivity index (χ3n) is 6.11. The van der Waals surface area contributed by atoms with E-state index in [2.05, 4.69) is 99.1 Å². The highest BCUT2D eigenvalue weighted by Gasteiger charge is 2.53. The van der Waals surface area contributed by atoms with Gasteiger partial charge in [-0.1, -0.05) is 75.9 Å². The lowest BCUT2D eigenvalue weighted by atomic mass is 9.80. The number of allylic oxidation sites excluding steroid dienone is 2. The zero-order valence-corrected chi connectivity index (χ0v) is 15.7. The highest BCUT2D eigenvalue weighted by atomic mass is 15.2. The van der Waals surface area contributed by atoms with Gasteiger partial charge in [-0.25, -0.2) is 0 Å². The standard InChI is InChI=1S/C25H25N/c1-16-23-20-11-10-18(17-8-6-5-7-9-17)14-21(20)22-15-19(25(2,3)4)12-13-26(22)24(16)23/h5-15,22-24H,1H2,2-4H3. The first-order chi connectivity index (χ1) is 12.4. The fourth-order valence-electron chi connectivity index (χ4n) is 4.54. The fourth-order valence-corrected chi connectivity index (χ4v) is 4.54. The molecule has 1 heteroatoms. The maximum Gasteiger partial charge on any atom is 0.0736 e. The fraction of sp³-hybridized carbons (Fsp3) is 0.280. The molecule has 0 saturated heterocycles. The van der Waals surface area contributed by atoms with Gasteiger partial charge in [-0.3, -0.25) is 0 Å². The van der Waals surface area contributed by atoms with E-state index in [4.69, 9.17) is 0 Å². The van der Waals surface area contributed by atoms with Crippen LogP contribution in [-0.4, -0.2) is 10.9 Å². The number of nitrogens with zero attached hydrogens (tertiary/aromatic N) is 1. The van der Waals surface area contributed by atoms with E-state index < -0.39 is 0 Å². The molecule has 1 aliphatic carbocycles. The number of hydrogen-bond donors (Lipinski definition) is 0. The first-order valence-electron chi connectivity index (χ1n) is 9.51. The van der Waals surface area contributed by atoms with Gasteiger partial charge in [0, 0.05) is 12.1 Å². The predicted octanol–water partition coefficient (Wildman–Crippen LogP) is 6.23. The molecule has 0 N–H and O–H groups in total. The summed E-state index contributed by atoms with van der Waals surface area (Å²) in [4.78, 5) is 2.51.